The van der Waals surface area contributed by atoms with Crippen LogP contribution in [0.2, 0.25) is 0 Å². The highest BCUT2D eigenvalue weighted by atomic mass is 32.2. The topological polar surface area (TPSA) is 136 Å². The minimum absolute atomic E-state index is 0.0376. The highest BCUT2D eigenvalue weighted by Crippen LogP contribution is 2.56. The predicted octanol–water partition coefficient (Wildman–Crippen LogP) is 2.79. The number of aromatic nitrogens is 1. The Labute approximate surface area is 176 Å². The number of carbonyl (C=O) groups is 1. The molecule has 0 spiro atoms. The zero-order valence-corrected chi connectivity index (χ0v) is 19.3. The third-order valence-corrected chi connectivity index (χ3v) is 7.14. The molecule has 168 valence electrons. The van der Waals surface area contributed by atoms with Gasteiger partial charge in [0.15, 0.2) is 0 Å². The largest absolute Gasteiger partial charge is 0.399 e. The number of rotatable bonds is 6. The maximum Gasteiger partial charge on any atom is 0.217 e. The van der Waals surface area contributed by atoms with Gasteiger partial charge in [0.1, 0.15) is 9.84 Å². The molecule has 1 fully saturated rings. The van der Waals surface area contributed by atoms with Crippen LogP contribution in [0, 0.1) is 16.7 Å². The third-order valence-electron chi connectivity index (χ3n) is 6.11. The van der Waals surface area contributed by atoms with E-state index < -0.39 is 15.7 Å². The van der Waals surface area contributed by atoms with Crippen molar-refractivity contribution in [2.24, 2.45) is 22.5 Å². The van der Waals surface area contributed by atoms with E-state index in [-0.39, 0.29) is 17.6 Å². The number of anilines is 1. The van der Waals surface area contributed by atoms with E-state index >= 15 is 0 Å². The first kappa shape index (κ1) is 27.3. The molecule has 7 nitrogen and oxygen atoms in total. The second-order valence-corrected chi connectivity index (χ2v) is 10.8. The summed E-state index contributed by atoms with van der Waals surface area (Å²) in [5.74, 6) is 0.383. The SMILES string of the molecule is CCC1CCC(C)(CO)C1(C)C.CS(=O)(=O)CCCC(N)=O.Nc1ccncc1. The molecule has 0 aromatic carbocycles. The number of nitrogens with zero attached hydrogens (tertiary/aromatic N) is 1. The van der Waals surface area contributed by atoms with E-state index in [0.717, 1.165) is 17.9 Å². The van der Waals surface area contributed by atoms with Gasteiger partial charge in [-0.1, -0.05) is 34.1 Å². The first-order valence-electron chi connectivity index (χ1n) is 10.0. The fourth-order valence-corrected chi connectivity index (χ4v) is 4.21. The summed E-state index contributed by atoms with van der Waals surface area (Å²) in [6.45, 7) is 9.45. The Balaban J connectivity index is 0.000000419. The van der Waals surface area contributed by atoms with Crippen LogP contribution in [-0.2, 0) is 14.6 Å². The first-order valence-corrected chi connectivity index (χ1v) is 12.1. The molecule has 1 amide bonds. The molecular weight excluding hydrogens is 390 g/mol. The minimum Gasteiger partial charge on any atom is -0.399 e. The average molecular weight is 430 g/mol. The fourth-order valence-electron chi connectivity index (χ4n) is 3.54. The summed E-state index contributed by atoms with van der Waals surface area (Å²) in [7, 11) is -2.93. The molecule has 1 aromatic heterocycles. The quantitative estimate of drug-likeness (QED) is 0.636. The van der Waals surface area contributed by atoms with E-state index in [2.05, 4.69) is 32.7 Å². The fraction of sp³-hybridized carbons (Fsp3) is 0.714. The lowest BCUT2D eigenvalue weighted by molar-refractivity contribution is -0.118. The van der Waals surface area contributed by atoms with E-state index in [0.29, 0.717) is 18.4 Å². The van der Waals surface area contributed by atoms with Gasteiger partial charge in [0, 0.05) is 37.4 Å². The monoisotopic (exact) mass is 429 g/mol. The number of nitrogen functional groups attached to an aromatic ring is 1. The number of hydrogen-bond acceptors (Lipinski definition) is 6. The summed E-state index contributed by atoms with van der Waals surface area (Å²) >= 11 is 0. The number of carbonyl (C=O) groups excluding carboxylic acids is 1. The van der Waals surface area contributed by atoms with Crippen LogP contribution in [0.5, 0.6) is 0 Å². The van der Waals surface area contributed by atoms with Gasteiger partial charge in [0.05, 0.1) is 5.75 Å². The standard InChI is InChI=1S/C11H22O.C5H6N2.C5H11NO3S/c1-5-9-6-7-11(4,8-12)10(9,2)3;6-5-1-3-7-4-2-5;1-10(8,9)4-2-3-5(6)7/h9,12H,5-8H2,1-4H3;1-4H,(H2,6,7);2-4H2,1H3,(H2,6,7). The van der Waals surface area contributed by atoms with E-state index in [9.17, 15) is 18.3 Å². The number of primary amides is 1. The second-order valence-electron chi connectivity index (χ2n) is 8.56. The second kappa shape index (κ2) is 12.1. The van der Waals surface area contributed by atoms with Gasteiger partial charge in [-0.05, 0) is 48.1 Å². The number of hydrogen-bond donors (Lipinski definition) is 3. The minimum atomic E-state index is -2.93. The van der Waals surface area contributed by atoms with Gasteiger partial charge >= 0.3 is 0 Å². The molecule has 5 N–H and O–H groups in total. The van der Waals surface area contributed by atoms with Crippen LogP contribution in [0.15, 0.2) is 24.5 Å². The van der Waals surface area contributed by atoms with E-state index in [1.807, 2.05) is 0 Å². The molecule has 0 radical (unpaired) electrons. The van der Waals surface area contributed by atoms with Crippen molar-refractivity contribution in [1.82, 2.24) is 4.98 Å². The zero-order chi connectivity index (χ0) is 22.7. The maximum absolute atomic E-state index is 10.5. The van der Waals surface area contributed by atoms with Crippen LogP contribution in [0.25, 0.3) is 0 Å². The Morgan fingerprint density at radius 2 is 1.83 bits per heavy atom. The molecule has 0 bridgehead atoms. The van der Waals surface area contributed by atoms with Gasteiger partial charge in [-0.25, -0.2) is 8.42 Å². The first-order chi connectivity index (χ1) is 13.3. The molecule has 29 heavy (non-hydrogen) atoms. The summed E-state index contributed by atoms with van der Waals surface area (Å²) in [4.78, 5) is 13.9. The number of aliphatic hydroxyl groups is 1. The van der Waals surface area contributed by atoms with Crippen LogP contribution >= 0.6 is 0 Å². The van der Waals surface area contributed by atoms with Gasteiger partial charge < -0.3 is 16.6 Å². The summed E-state index contributed by atoms with van der Waals surface area (Å²) in [5, 5.41) is 9.37. The van der Waals surface area contributed by atoms with E-state index in [1.54, 1.807) is 24.5 Å². The van der Waals surface area contributed by atoms with Crippen molar-refractivity contribution in [3.8, 4) is 0 Å². The number of aliphatic hydroxyl groups excluding tert-OH is 1. The molecule has 1 aliphatic carbocycles. The highest BCUT2D eigenvalue weighted by molar-refractivity contribution is 7.90. The van der Waals surface area contributed by atoms with E-state index in [1.165, 1.54) is 19.3 Å². The van der Waals surface area contributed by atoms with Crippen molar-refractivity contribution in [2.45, 2.75) is 59.8 Å². The van der Waals surface area contributed by atoms with E-state index in [4.69, 9.17) is 11.5 Å². The van der Waals surface area contributed by atoms with Gasteiger partial charge in [-0.2, -0.15) is 0 Å². The molecule has 2 unspecified atom stereocenters. The van der Waals surface area contributed by atoms with Crippen LogP contribution in [-0.4, -0.2) is 43.0 Å². The van der Waals surface area contributed by atoms with Gasteiger partial charge in [0.25, 0.3) is 0 Å². The molecule has 2 rings (SSSR count). The van der Waals surface area contributed by atoms with Crippen molar-refractivity contribution < 1.29 is 18.3 Å². The highest BCUT2D eigenvalue weighted by Gasteiger charge is 2.49. The number of amides is 1. The molecular formula is C21H39N3O4S. The van der Waals surface area contributed by atoms with Crippen molar-refractivity contribution in [1.29, 1.82) is 0 Å². The Morgan fingerprint density at radius 3 is 2.10 bits per heavy atom. The summed E-state index contributed by atoms with van der Waals surface area (Å²) in [6.07, 6.45) is 8.66. The lowest BCUT2D eigenvalue weighted by Crippen LogP contribution is -2.36. The maximum atomic E-state index is 10.5. The Kier molecular flexibility index (Phi) is 11.4. The molecule has 0 saturated heterocycles. The van der Waals surface area contributed by atoms with Crippen molar-refractivity contribution in [3.63, 3.8) is 0 Å². The van der Waals surface area contributed by atoms with Crippen molar-refractivity contribution in [2.75, 3.05) is 24.3 Å². The average Bonchev–Trinajstić information content (AvgIpc) is 2.85. The summed E-state index contributed by atoms with van der Waals surface area (Å²) in [6, 6.07) is 3.50. The molecule has 0 aliphatic heterocycles. The number of sulfone groups is 1. The summed E-state index contributed by atoms with van der Waals surface area (Å²) < 4.78 is 20.9. The number of nitrogens with two attached hydrogens (primary N) is 2. The van der Waals surface area contributed by atoms with Crippen LogP contribution in [0.4, 0.5) is 5.69 Å². The lowest BCUT2D eigenvalue weighted by Gasteiger charge is -2.40. The molecule has 1 heterocycles. The molecule has 2 atom stereocenters. The Hall–Kier alpha value is -1.67. The molecule has 1 aliphatic rings. The summed E-state index contributed by atoms with van der Waals surface area (Å²) in [5.41, 5.74) is 11.3. The molecule has 8 heteroatoms. The van der Waals surface area contributed by atoms with Crippen LogP contribution in [0.1, 0.15) is 59.8 Å². The van der Waals surface area contributed by atoms with Crippen molar-refractivity contribution >= 4 is 21.4 Å². The lowest BCUT2D eigenvalue weighted by atomic mass is 9.66. The van der Waals surface area contributed by atoms with Gasteiger partial charge in [0.2, 0.25) is 5.91 Å². The molecule has 1 aromatic rings. The predicted molar refractivity (Wildman–Crippen MR) is 119 cm³/mol. The van der Waals surface area contributed by atoms with Gasteiger partial charge in [-0.15, -0.1) is 0 Å². The van der Waals surface area contributed by atoms with Crippen LogP contribution < -0.4 is 11.5 Å². The Bertz CT molecular complexity index is 708. The zero-order valence-electron chi connectivity index (χ0n) is 18.5. The van der Waals surface area contributed by atoms with Crippen molar-refractivity contribution in [3.05, 3.63) is 24.5 Å². The Morgan fingerprint density at radius 1 is 1.28 bits per heavy atom. The molecule has 1 saturated carbocycles. The van der Waals surface area contributed by atoms with Gasteiger partial charge in [-0.3, -0.25) is 9.78 Å². The normalized spacial score (nSPS) is 22.6. The third kappa shape index (κ3) is 10.1. The number of pyridine rings is 1. The smallest absolute Gasteiger partial charge is 0.217 e. The van der Waals surface area contributed by atoms with Crippen LogP contribution in [0.3, 0.4) is 0 Å².